The van der Waals surface area contributed by atoms with Gasteiger partial charge in [0.25, 0.3) is 0 Å². The van der Waals surface area contributed by atoms with Crippen LogP contribution in [0.25, 0.3) is 0 Å². The number of benzene rings is 1. The van der Waals surface area contributed by atoms with E-state index in [1.807, 2.05) is 18.2 Å². The molecule has 0 saturated heterocycles. The minimum Gasteiger partial charge on any atom is -0.491 e. The van der Waals surface area contributed by atoms with Gasteiger partial charge in [0.15, 0.2) is 0 Å². The van der Waals surface area contributed by atoms with Crippen molar-refractivity contribution in [3.05, 3.63) is 42.2 Å². The number of rotatable bonds is 3. The molecule has 0 bridgehead atoms. The Balaban J connectivity index is 1.82. The Labute approximate surface area is 105 Å². The molecule has 0 fully saturated rings. The molecule has 3 rings (SSSR count). The summed E-state index contributed by atoms with van der Waals surface area (Å²) >= 11 is 0. The minimum atomic E-state index is 0.112. The second-order valence-corrected chi connectivity index (χ2v) is 3.99. The molecule has 1 N–H and O–H groups in total. The van der Waals surface area contributed by atoms with Gasteiger partial charge in [-0.25, -0.2) is 9.97 Å². The first kappa shape index (κ1) is 10.8. The van der Waals surface area contributed by atoms with Crippen LogP contribution >= 0.6 is 0 Å². The van der Waals surface area contributed by atoms with Crippen LogP contribution in [0.15, 0.2) is 36.7 Å². The number of hydrogen-bond donors (Lipinski definition) is 1. The molecule has 0 radical (unpaired) electrons. The summed E-state index contributed by atoms with van der Waals surface area (Å²) in [6.07, 6.45) is 1.48. The quantitative estimate of drug-likeness (QED) is 0.893. The highest BCUT2D eigenvalue weighted by atomic mass is 16.5. The first-order valence-electron chi connectivity index (χ1n) is 5.71. The van der Waals surface area contributed by atoms with Crippen LogP contribution in [0.4, 0.5) is 5.82 Å². The zero-order valence-corrected chi connectivity index (χ0v) is 9.96. The third-order valence-corrected chi connectivity index (χ3v) is 2.87. The lowest BCUT2D eigenvalue weighted by Crippen LogP contribution is -2.13. The summed E-state index contributed by atoms with van der Waals surface area (Å²) in [5.41, 5.74) is 1.15. The average Bonchev–Trinajstić information content (AvgIpc) is 2.83. The highest BCUT2D eigenvalue weighted by Crippen LogP contribution is 2.33. The van der Waals surface area contributed by atoms with Crippen LogP contribution in [0.2, 0.25) is 0 Å². The lowest BCUT2D eigenvalue weighted by molar-refractivity contribution is 0.339. The summed E-state index contributed by atoms with van der Waals surface area (Å²) in [5, 5.41) is 3.32. The lowest BCUT2D eigenvalue weighted by Gasteiger charge is -2.12. The fourth-order valence-corrected chi connectivity index (χ4v) is 1.99. The number of anilines is 1. The molecule has 1 aliphatic rings. The number of ether oxygens (including phenoxy) is 2. The van der Waals surface area contributed by atoms with Gasteiger partial charge in [-0.3, -0.25) is 0 Å². The van der Waals surface area contributed by atoms with Crippen LogP contribution in [0, 0.1) is 0 Å². The minimum absolute atomic E-state index is 0.112. The number of hydrogen-bond acceptors (Lipinski definition) is 5. The predicted octanol–water partition coefficient (Wildman–Crippen LogP) is 2.03. The lowest BCUT2D eigenvalue weighted by atomic mass is 10.1. The normalized spacial score (nSPS) is 16.8. The van der Waals surface area contributed by atoms with Gasteiger partial charge in [-0.05, 0) is 6.07 Å². The van der Waals surface area contributed by atoms with Gasteiger partial charge in [-0.15, -0.1) is 0 Å². The van der Waals surface area contributed by atoms with Crippen molar-refractivity contribution >= 4 is 5.82 Å². The summed E-state index contributed by atoms with van der Waals surface area (Å²) in [6, 6.07) is 9.87. The van der Waals surface area contributed by atoms with Gasteiger partial charge in [-0.2, -0.15) is 0 Å². The van der Waals surface area contributed by atoms with E-state index in [4.69, 9.17) is 9.47 Å². The van der Waals surface area contributed by atoms with Crippen molar-refractivity contribution in [2.45, 2.75) is 6.04 Å². The second kappa shape index (κ2) is 4.52. The first-order valence-corrected chi connectivity index (χ1v) is 5.71. The Kier molecular flexibility index (Phi) is 2.72. The maximum atomic E-state index is 5.60. The van der Waals surface area contributed by atoms with Crippen molar-refractivity contribution in [3.63, 3.8) is 0 Å². The summed E-state index contributed by atoms with van der Waals surface area (Å²) in [4.78, 5) is 8.14. The van der Waals surface area contributed by atoms with E-state index in [-0.39, 0.29) is 6.04 Å². The number of methoxy groups -OCH3 is 1. The van der Waals surface area contributed by atoms with E-state index in [9.17, 15) is 0 Å². The van der Waals surface area contributed by atoms with E-state index in [1.54, 1.807) is 13.2 Å². The van der Waals surface area contributed by atoms with Gasteiger partial charge in [0.2, 0.25) is 5.88 Å². The fourth-order valence-electron chi connectivity index (χ4n) is 1.99. The predicted molar refractivity (Wildman–Crippen MR) is 66.9 cm³/mol. The molecular weight excluding hydrogens is 230 g/mol. The Morgan fingerprint density at radius 1 is 1.33 bits per heavy atom. The molecule has 1 aromatic carbocycles. The molecule has 1 atom stereocenters. The van der Waals surface area contributed by atoms with Gasteiger partial charge >= 0.3 is 0 Å². The molecule has 0 spiro atoms. The van der Waals surface area contributed by atoms with Crippen molar-refractivity contribution in [1.82, 2.24) is 9.97 Å². The highest BCUT2D eigenvalue weighted by molar-refractivity contribution is 5.46. The van der Waals surface area contributed by atoms with E-state index in [0.717, 1.165) is 17.1 Å². The van der Waals surface area contributed by atoms with Crippen LogP contribution < -0.4 is 14.8 Å². The molecule has 1 aliphatic heterocycles. The first-order chi connectivity index (χ1) is 8.86. The van der Waals surface area contributed by atoms with E-state index in [2.05, 4.69) is 21.4 Å². The summed E-state index contributed by atoms with van der Waals surface area (Å²) in [7, 11) is 1.58. The number of aromatic nitrogens is 2. The Morgan fingerprint density at radius 3 is 3.11 bits per heavy atom. The molecule has 1 unspecified atom stereocenters. The molecule has 92 valence electrons. The largest absolute Gasteiger partial charge is 0.491 e. The fraction of sp³-hybridized carbons (Fsp3) is 0.231. The van der Waals surface area contributed by atoms with Crippen molar-refractivity contribution in [3.8, 4) is 11.6 Å². The van der Waals surface area contributed by atoms with Crippen molar-refractivity contribution in [1.29, 1.82) is 0 Å². The van der Waals surface area contributed by atoms with Crippen LogP contribution in [0.3, 0.4) is 0 Å². The average molecular weight is 243 g/mol. The number of nitrogens with zero attached hydrogens (tertiary/aromatic N) is 2. The van der Waals surface area contributed by atoms with Gasteiger partial charge in [0.05, 0.1) is 13.2 Å². The summed E-state index contributed by atoms with van der Waals surface area (Å²) < 4.78 is 10.7. The van der Waals surface area contributed by atoms with Gasteiger partial charge < -0.3 is 14.8 Å². The molecule has 2 heterocycles. The van der Waals surface area contributed by atoms with Crippen molar-refractivity contribution < 1.29 is 9.47 Å². The van der Waals surface area contributed by atoms with E-state index in [1.165, 1.54) is 6.33 Å². The van der Waals surface area contributed by atoms with Crippen LogP contribution in [-0.4, -0.2) is 23.7 Å². The molecule has 0 aliphatic carbocycles. The standard InChI is InChI=1S/C13H13N3O2/c1-17-13-6-12(14-8-15-13)16-10-7-18-11-5-3-2-4-9(10)11/h2-6,8,10H,7H2,1H3,(H,14,15,16). The van der Waals surface area contributed by atoms with Crippen LogP contribution in [0.5, 0.6) is 11.6 Å². The number of para-hydroxylation sites is 1. The SMILES string of the molecule is COc1cc(NC2COc3ccccc32)ncn1. The Bertz CT molecular complexity index is 559. The third-order valence-electron chi connectivity index (χ3n) is 2.87. The topological polar surface area (TPSA) is 56.3 Å². The van der Waals surface area contributed by atoms with Gasteiger partial charge in [0.1, 0.15) is 24.5 Å². The zero-order chi connectivity index (χ0) is 12.4. The van der Waals surface area contributed by atoms with Crippen LogP contribution in [-0.2, 0) is 0 Å². The molecule has 1 aromatic heterocycles. The molecular formula is C13H13N3O2. The molecule has 0 amide bonds. The molecule has 5 heteroatoms. The highest BCUT2D eigenvalue weighted by Gasteiger charge is 2.23. The number of fused-ring (bicyclic) bond motifs is 1. The zero-order valence-electron chi connectivity index (χ0n) is 9.96. The Hall–Kier alpha value is -2.30. The maximum absolute atomic E-state index is 5.60. The smallest absolute Gasteiger partial charge is 0.218 e. The monoisotopic (exact) mass is 243 g/mol. The molecule has 18 heavy (non-hydrogen) atoms. The van der Waals surface area contributed by atoms with E-state index < -0.39 is 0 Å². The van der Waals surface area contributed by atoms with Gasteiger partial charge in [0, 0.05) is 11.6 Å². The van der Waals surface area contributed by atoms with E-state index in [0.29, 0.717) is 12.5 Å². The second-order valence-electron chi connectivity index (χ2n) is 3.99. The molecule has 2 aromatic rings. The molecule has 0 saturated carbocycles. The third kappa shape index (κ3) is 1.95. The van der Waals surface area contributed by atoms with E-state index >= 15 is 0 Å². The van der Waals surface area contributed by atoms with Crippen molar-refractivity contribution in [2.75, 3.05) is 19.0 Å². The van der Waals surface area contributed by atoms with Crippen molar-refractivity contribution in [2.24, 2.45) is 0 Å². The summed E-state index contributed by atoms with van der Waals surface area (Å²) in [6.45, 7) is 0.603. The molecule has 5 nitrogen and oxygen atoms in total. The summed E-state index contributed by atoms with van der Waals surface area (Å²) in [5.74, 6) is 2.20. The number of nitrogens with one attached hydrogen (secondary N) is 1. The van der Waals surface area contributed by atoms with Crippen LogP contribution in [0.1, 0.15) is 11.6 Å². The Morgan fingerprint density at radius 2 is 2.22 bits per heavy atom. The maximum Gasteiger partial charge on any atom is 0.218 e. The van der Waals surface area contributed by atoms with Gasteiger partial charge in [-0.1, -0.05) is 18.2 Å².